The van der Waals surface area contributed by atoms with Gasteiger partial charge in [-0.25, -0.2) is 17.6 Å². The monoisotopic (exact) mass is 576 g/mol. The summed E-state index contributed by atoms with van der Waals surface area (Å²) in [4.78, 5) is 18.7. The second-order valence-electron chi connectivity index (χ2n) is 11.2. The molecule has 220 valence electrons. The summed E-state index contributed by atoms with van der Waals surface area (Å²) in [6.07, 6.45) is -4.94. The van der Waals surface area contributed by atoms with Gasteiger partial charge in [0.1, 0.15) is 11.9 Å². The standard InChI is InChI=1S/C27H32F4N8O2/c1-27(2,3)38-11-9-19(35-38)26(40)32-13-22-34-25(36-41-22)21-12-15-17(33-18-8-10-37(4)14-16(18)28)6-5-7-20(15)39(21)24(31)23(29)30/h5-7,9,11-12,16,18,23-24,33H,8,10,13-14H2,1-4H3,(H,32,40)/t16-,18+,24?/m0/s1. The fourth-order valence-electron chi connectivity index (χ4n) is 4.84. The molecule has 0 spiro atoms. The van der Waals surface area contributed by atoms with Gasteiger partial charge in [0, 0.05) is 30.4 Å². The lowest BCUT2D eigenvalue weighted by molar-refractivity contribution is 0.0114. The van der Waals surface area contributed by atoms with Crippen LogP contribution in [0.5, 0.6) is 0 Å². The zero-order chi connectivity index (χ0) is 29.5. The van der Waals surface area contributed by atoms with Crippen LogP contribution < -0.4 is 10.6 Å². The predicted molar refractivity (Wildman–Crippen MR) is 144 cm³/mol. The lowest BCUT2D eigenvalue weighted by Gasteiger charge is -2.33. The second kappa shape index (κ2) is 11.1. The Morgan fingerprint density at radius 3 is 2.68 bits per heavy atom. The van der Waals surface area contributed by atoms with Crippen LogP contribution in [0.4, 0.5) is 23.2 Å². The molecular weight excluding hydrogens is 544 g/mol. The van der Waals surface area contributed by atoms with Gasteiger partial charge in [-0.05, 0) is 58.5 Å². The average molecular weight is 577 g/mol. The van der Waals surface area contributed by atoms with Crippen molar-refractivity contribution in [3.8, 4) is 11.5 Å². The molecule has 1 aromatic carbocycles. The number of anilines is 1. The molecule has 4 heterocycles. The Labute approximate surface area is 233 Å². The number of aromatic nitrogens is 5. The molecule has 2 N–H and O–H groups in total. The summed E-state index contributed by atoms with van der Waals surface area (Å²) < 4.78 is 64.7. The van der Waals surface area contributed by atoms with Crippen LogP contribution in [0, 0.1) is 0 Å². The number of hydrogen-bond acceptors (Lipinski definition) is 7. The number of nitrogens with zero attached hydrogens (tertiary/aromatic N) is 6. The number of nitrogens with one attached hydrogen (secondary N) is 2. The van der Waals surface area contributed by atoms with E-state index in [0.717, 1.165) is 4.57 Å². The summed E-state index contributed by atoms with van der Waals surface area (Å²) in [5.74, 6) is -0.628. The third-order valence-electron chi connectivity index (χ3n) is 7.03. The maximum absolute atomic E-state index is 15.0. The Morgan fingerprint density at radius 1 is 1.22 bits per heavy atom. The second-order valence-corrected chi connectivity index (χ2v) is 11.2. The van der Waals surface area contributed by atoms with Crippen molar-refractivity contribution in [1.82, 2.24) is 34.7 Å². The molecule has 10 nitrogen and oxygen atoms in total. The first-order valence-corrected chi connectivity index (χ1v) is 13.2. The van der Waals surface area contributed by atoms with Gasteiger partial charge in [-0.3, -0.25) is 9.48 Å². The van der Waals surface area contributed by atoms with Crippen LogP contribution in [0.3, 0.4) is 0 Å². The summed E-state index contributed by atoms with van der Waals surface area (Å²) in [7, 11) is 1.84. The number of carbonyl (C=O) groups excluding carboxylic acids is 1. The van der Waals surface area contributed by atoms with Crippen molar-refractivity contribution in [2.75, 3.05) is 25.5 Å². The molecule has 0 saturated carbocycles. The van der Waals surface area contributed by atoms with E-state index < -0.39 is 30.8 Å². The van der Waals surface area contributed by atoms with Gasteiger partial charge in [0.05, 0.1) is 29.3 Å². The third kappa shape index (κ3) is 5.92. The number of piperidine rings is 1. The molecule has 1 aliphatic rings. The largest absolute Gasteiger partial charge is 0.379 e. The molecule has 0 radical (unpaired) electrons. The van der Waals surface area contributed by atoms with Gasteiger partial charge in [-0.15, -0.1) is 0 Å². The quantitative estimate of drug-likeness (QED) is 0.292. The maximum Gasteiger partial charge on any atom is 0.288 e. The predicted octanol–water partition coefficient (Wildman–Crippen LogP) is 4.76. The summed E-state index contributed by atoms with van der Waals surface area (Å²) in [6, 6.07) is 7.33. The number of alkyl halides is 4. The van der Waals surface area contributed by atoms with Crippen molar-refractivity contribution in [2.45, 2.75) is 64.2 Å². The molecule has 14 heteroatoms. The topological polar surface area (TPSA) is 106 Å². The Morgan fingerprint density at radius 2 is 2.00 bits per heavy atom. The van der Waals surface area contributed by atoms with Crippen molar-refractivity contribution in [3.05, 3.63) is 48.1 Å². The number of carbonyl (C=O) groups is 1. The molecule has 3 atom stereocenters. The van der Waals surface area contributed by atoms with Crippen molar-refractivity contribution >= 4 is 22.5 Å². The van der Waals surface area contributed by atoms with Gasteiger partial charge in [-0.2, -0.15) is 10.1 Å². The van der Waals surface area contributed by atoms with Crippen LogP contribution in [-0.4, -0.2) is 74.1 Å². The van der Waals surface area contributed by atoms with Crippen LogP contribution in [0.15, 0.2) is 41.1 Å². The van der Waals surface area contributed by atoms with E-state index in [9.17, 15) is 22.4 Å². The van der Waals surface area contributed by atoms with Crippen molar-refractivity contribution in [3.63, 3.8) is 0 Å². The van der Waals surface area contributed by atoms with E-state index in [1.165, 1.54) is 12.1 Å². The summed E-state index contributed by atoms with van der Waals surface area (Å²) in [5, 5.41) is 14.3. The van der Waals surface area contributed by atoms with Gasteiger partial charge in [0.15, 0.2) is 0 Å². The Hall–Kier alpha value is -3.94. The van der Waals surface area contributed by atoms with Crippen LogP contribution in [-0.2, 0) is 12.1 Å². The average Bonchev–Trinajstić information content (AvgIpc) is 3.66. The minimum absolute atomic E-state index is 0.0159. The van der Waals surface area contributed by atoms with E-state index in [4.69, 9.17) is 4.52 Å². The van der Waals surface area contributed by atoms with Gasteiger partial charge < -0.3 is 24.6 Å². The van der Waals surface area contributed by atoms with E-state index in [2.05, 4.69) is 25.9 Å². The zero-order valence-electron chi connectivity index (χ0n) is 23.1. The molecule has 41 heavy (non-hydrogen) atoms. The normalized spacial score (nSPS) is 19.1. The number of amides is 1. The maximum atomic E-state index is 15.0. The van der Waals surface area contributed by atoms with E-state index in [0.29, 0.717) is 24.0 Å². The van der Waals surface area contributed by atoms with Crippen LogP contribution in [0.25, 0.3) is 22.4 Å². The van der Waals surface area contributed by atoms with Gasteiger partial charge in [0.25, 0.3) is 12.3 Å². The van der Waals surface area contributed by atoms with Crippen molar-refractivity contribution in [2.24, 2.45) is 0 Å². The van der Waals surface area contributed by atoms with Crippen LogP contribution in [0.1, 0.15) is 49.9 Å². The summed E-state index contributed by atoms with van der Waals surface area (Å²) in [6.45, 7) is 6.63. The molecule has 1 amide bonds. The highest BCUT2D eigenvalue weighted by atomic mass is 19.3. The Bertz CT molecular complexity index is 1530. The lowest BCUT2D eigenvalue weighted by Crippen LogP contribution is -2.46. The molecule has 1 saturated heterocycles. The fraction of sp³-hybridized carbons (Fsp3) is 0.481. The van der Waals surface area contributed by atoms with E-state index >= 15 is 0 Å². The smallest absolute Gasteiger partial charge is 0.288 e. The highest BCUT2D eigenvalue weighted by Crippen LogP contribution is 2.37. The minimum atomic E-state index is -3.33. The Kier molecular flexibility index (Phi) is 7.77. The molecular formula is C27H32F4N8O2. The van der Waals surface area contributed by atoms with E-state index in [1.54, 1.807) is 29.1 Å². The number of likely N-dealkylation sites (tertiary alicyclic amines) is 1. The first kappa shape index (κ1) is 28.6. The van der Waals surface area contributed by atoms with Gasteiger partial charge in [-0.1, -0.05) is 11.2 Å². The first-order chi connectivity index (χ1) is 19.4. The van der Waals surface area contributed by atoms with Gasteiger partial charge >= 0.3 is 0 Å². The number of rotatable bonds is 8. The minimum Gasteiger partial charge on any atom is -0.379 e. The molecule has 4 aromatic rings. The molecule has 0 bridgehead atoms. The van der Waals surface area contributed by atoms with Gasteiger partial charge in [0.2, 0.25) is 18.0 Å². The first-order valence-electron chi connectivity index (χ1n) is 13.2. The molecule has 0 aliphatic carbocycles. The molecule has 1 fully saturated rings. The molecule has 1 unspecified atom stereocenters. The van der Waals surface area contributed by atoms with Crippen molar-refractivity contribution < 1.29 is 26.9 Å². The highest BCUT2D eigenvalue weighted by molar-refractivity contribution is 5.96. The fourth-order valence-corrected chi connectivity index (χ4v) is 4.84. The molecule has 1 aliphatic heterocycles. The zero-order valence-corrected chi connectivity index (χ0v) is 23.1. The number of hydrogen-bond donors (Lipinski definition) is 2. The number of benzene rings is 1. The third-order valence-corrected chi connectivity index (χ3v) is 7.03. The highest BCUT2D eigenvalue weighted by Gasteiger charge is 2.31. The van der Waals surface area contributed by atoms with Crippen LogP contribution >= 0.6 is 0 Å². The lowest BCUT2D eigenvalue weighted by atomic mass is 10.0. The van der Waals surface area contributed by atoms with E-state index in [1.807, 2.05) is 32.7 Å². The SMILES string of the molecule is CN1CC[C@@H](Nc2cccc3c2cc(-c2noc(CNC(=O)c4ccn(C(C)(C)C)n4)n2)n3C(F)C(F)F)[C@@H](F)C1. The Balaban J connectivity index is 1.41. The van der Waals surface area contributed by atoms with Crippen molar-refractivity contribution in [1.29, 1.82) is 0 Å². The summed E-state index contributed by atoms with van der Waals surface area (Å²) in [5.41, 5.74) is 0.479. The molecule has 3 aromatic heterocycles. The molecule has 5 rings (SSSR count). The van der Waals surface area contributed by atoms with E-state index in [-0.39, 0.29) is 47.2 Å². The van der Waals surface area contributed by atoms with Crippen LogP contribution in [0.2, 0.25) is 0 Å². The summed E-state index contributed by atoms with van der Waals surface area (Å²) >= 11 is 0. The number of fused-ring (bicyclic) bond motifs is 1. The number of halogens is 4.